The molecule has 10 nitrogen and oxygen atoms in total. The average Bonchev–Trinajstić information content (AvgIpc) is 3.63. The van der Waals surface area contributed by atoms with Gasteiger partial charge in [-0.3, -0.25) is 19.1 Å². The summed E-state index contributed by atoms with van der Waals surface area (Å²) in [5, 5.41) is 5.87. The molecular weight excluding hydrogens is 504 g/mol. The van der Waals surface area contributed by atoms with Crippen LogP contribution < -0.4 is 15.4 Å². The van der Waals surface area contributed by atoms with Crippen LogP contribution in [-0.2, 0) is 0 Å². The number of likely N-dealkylation sites (tertiary alicyclic amines) is 1. The van der Waals surface area contributed by atoms with Crippen LogP contribution in [0.5, 0.6) is 11.5 Å². The van der Waals surface area contributed by atoms with Crippen LogP contribution in [0.25, 0.3) is 21.1 Å². The summed E-state index contributed by atoms with van der Waals surface area (Å²) in [6.45, 7) is 3.17. The van der Waals surface area contributed by atoms with Crippen molar-refractivity contribution < 1.29 is 19.1 Å². The summed E-state index contributed by atoms with van der Waals surface area (Å²) in [6.07, 6.45) is 2.61. The van der Waals surface area contributed by atoms with E-state index in [2.05, 4.69) is 20.5 Å². The maximum absolute atomic E-state index is 13.2. The van der Waals surface area contributed by atoms with Gasteiger partial charge in [0.15, 0.2) is 0 Å². The van der Waals surface area contributed by atoms with Crippen molar-refractivity contribution >= 4 is 50.3 Å². The number of hydrogen-bond donors (Lipinski definition) is 2. The predicted molar refractivity (Wildman–Crippen MR) is 148 cm³/mol. The summed E-state index contributed by atoms with van der Waals surface area (Å²) < 4.78 is 8.51. The number of thiophene rings is 1. The zero-order valence-electron chi connectivity index (χ0n) is 22.0. The number of hydrogen-bond acceptors (Lipinski definition) is 7. The Bertz CT molecular complexity index is 1570. The highest BCUT2D eigenvalue weighted by Gasteiger charge is 2.29. The molecule has 2 N–H and O–H groups in total. The van der Waals surface area contributed by atoms with Crippen LogP contribution in [-0.4, -0.2) is 84.5 Å². The Morgan fingerprint density at radius 1 is 1.13 bits per heavy atom. The number of carbonyl (C=O) groups excluding carboxylic acids is 3. The minimum atomic E-state index is -0.335. The molecule has 0 aliphatic carbocycles. The second-order valence-electron chi connectivity index (χ2n) is 9.50. The third kappa shape index (κ3) is 4.37. The molecule has 0 spiro atoms. The van der Waals surface area contributed by atoms with Crippen molar-refractivity contribution in [2.45, 2.75) is 19.4 Å². The fraction of sp³-hybridized carbons (Fsp3) is 0.333. The second kappa shape index (κ2) is 10.1. The van der Waals surface area contributed by atoms with Gasteiger partial charge in [0.2, 0.25) is 0 Å². The molecule has 1 aliphatic heterocycles. The van der Waals surface area contributed by atoms with Gasteiger partial charge >= 0.3 is 6.03 Å². The molecule has 1 fully saturated rings. The number of rotatable bonds is 5. The molecule has 1 aromatic carbocycles. The lowest BCUT2D eigenvalue weighted by Gasteiger charge is -2.19. The molecule has 4 aromatic rings. The highest BCUT2D eigenvalue weighted by atomic mass is 32.1. The maximum atomic E-state index is 13.2. The first-order valence-corrected chi connectivity index (χ1v) is 13.2. The number of nitrogens with zero attached hydrogens (tertiary/aromatic N) is 4. The fourth-order valence-corrected chi connectivity index (χ4v) is 6.01. The molecule has 1 atom stereocenters. The lowest BCUT2D eigenvalue weighted by molar-refractivity contribution is 0.0787. The van der Waals surface area contributed by atoms with Gasteiger partial charge in [0.1, 0.15) is 11.5 Å². The van der Waals surface area contributed by atoms with Crippen LogP contribution >= 0.6 is 11.3 Å². The molecule has 0 saturated carbocycles. The van der Waals surface area contributed by atoms with Gasteiger partial charge in [0.25, 0.3) is 11.8 Å². The largest absolute Gasteiger partial charge is 0.456 e. The van der Waals surface area contributed by atoms with E-state index in [9.17, 15) is 14.4 Å². The van der Waals surface area contributed by atoms with Gasteiger partial charge in [-0.1, -0.05) is 0 Å². The van der Waals surface area contributed by atoms with Crippen molar-refractivity contribution in [1.82, 2.24) is 30.0 Å². The van der Waals surface area contributed by atoms with Gasteiger partial charge in [0.05, 0.1) is 26.2 Å². The van der Waals surface area contributed by atoms with Gasteiger partial charge in [-0.2, -0.15) is 0 Å². The molecule has 3 amide bonds. The average molecular weight is 535 g/mol. The van der Waals surface area contributed by atoms with Crippen molar-refractivity contribution in [2.24, 2.45) is 0 Å². The Labute approximate surface area is 224 Å². The van der Waals surface area contributed by atoms with Crippen LogP contribution in [0.2, 0.25) is 0 Å². The molecule has 38 heavy (non-hydrogen) atoms. The number of likely N-dealkylation sites (N-methyl/N-ethyl adjacent to an activating group) is 1. The lowest BCUT2D eigenvalue weighted by Crippen LogP contribution is -2.34. The predicted octanol–water partition coefficient (Wildman–Crippen LogP) is 3.67. The van der Waals surface area contributed by atoms with E-state index in [1.165, 1.54) is 15.9 Å². The van der Waals surface area contributed by atoms with Crippen molar-refractivity contribution in [3.8, 4) is 11.5 Å². The quantitative estimate of drug-likeness (QED) is 0.404. The Kier molecular flexibility index (Phi) is 6.80. The first-order valence-electron chi connectivity index (χ1n) is 12.3. The SMILES string of the molecule is CNC(=O)c1c(C)n(C(=O)NC)c2ccc(Oc3ccnc4cc(C(=O)N5CC[C@@H](N(C)C)C5)sc34)cc12. The minimum Gasteiger partial charge on any atom is -0.456 e. The van der Waals surface area contributed by atoms with E-state index in [1.54, 1.807) is 51.5 Å². The van der Waals surface area contributed by atoms with Gasteiger partial charge < -0.3 is 25.2 Å². The monoisotopic (exact) mass is 534 g/mol. The van der Waals surface area contributed by atoms with Gasteiger partial charge in [-0.15, -0.1) is 11.3 Å². The summed E-state index contributed by atoms with van der Waals surface area (Å²) in [6, 6.07) is 8.87. The first-order chi connectivity index (χ1) is 18.2. The first kappa shape index (κ1) is 25.7. The molecular formula is C27H30N6O4S. The Morgan fingerprint density at radius 3 is 2.61 bits per heavy atom. The summed E-state index contributed by atoms with van der Waals surface area (Å²) in [7, 11) is 7.17. The zero-order chi connectivity index (χ0) is 27.1. The topological polar surface area (TPSA) is 109 Å². The Balaban J connectivity index is 1.49. The van der Waals surface area contributed by atoms with Crippen molar-refractivity contribution in [3.63, 3.8) is 0 Å². The second-order valence-corrected chi connectivity index (χ2v) is 10.6. The Morgan fingerprint density at radius 2 is 1.92 bits per heavy atom. The highest BCUT2D eigenvalue weighted by molar-refractivity contribution is 7.21. The summed E-state index contributed by atoms with van der Waals surface area (Å²) >= 11 is 1.36. The lowest BCUT2D eigenvalue weighted by atomic mass is 10.1. The van der Waals surface area contributed by atoms with E-state index in [4.69, 9.17) is 4.74 Å². The summed E-state index contributed by atoms with van der Waals surface area (Å²) in [5.74, 6) is 0.776. The number of aromatic nitrogens is 2. The molecule has 1 saturated heterocycles. The standard InChI is InChI=1S/C27H30N6O4S/c1-15-23(25(34)28-2)18-12-17(6-7-20(18)33(15)27(36)29-3)37-21-8-10-30-19-13-22(38-24(19)21)26(35)32-11-9-16(14-32)31(4)5/h6-8,10,12-13,16H,9,11,14H2,1-5H3,(H,28,34)(H,29,36)/t16-/m1/s1. The fourth-order valence-electron chi connectivity index (χ4n) is 4.98. The number of fused-ring (bicyclic) bond motifs is 2. The number of pyridine rings is 1. The highest BCUT2D eigenvalue weighted by Crippen LogP contribution is 2.37. The molecule has 4 heterocycles. The molecule has 1 aliphatic rings. The number of nitrogens with one attached hydrogen (secondary N) is 2. The van der Waals surface area contributed by atoms with Crippen LogP contribution in [0.4, 0.5) is 4.79 Å². The van der Waals surface area contributed by atoms with Crippen molar-refractivity contribution in [3.05, 3.63) is 52.7 Å². The molecule has 3 aromatic heterocycles. The van der Waals surface area contributed by atoms with Crippen molar-refractivity contribution in [1.29, 1.82) is 0 Å². The van der Waals surface area contributed by atoms with Crippen molar-refractivity contribution in [2.75, 3.05) is 41.3 Å². The molecule has 0 bridgehead atoms. The van der Waals surface area contributed by atoms with Crippen LogP contribution in [0.15, 0.2) is 36.5 Å². The number of ether oxygens (including phenoxy) is 1. The van der Waals surface area contributed by atoms with Crippen LogP contribution in [0, 0.1) is 6.92 Å². The third-order valence-corrected chi connectivity index (χ3v) is 8.17. The smallest absolute Gasteiger partial charge is 0.326 e. The minimum absolute atomic E-state index is 0.00551. The van der Waals surface area contributed by atoms with E-state index < -0.39 is 0 Å². The number of carbonyl (C=O) groups is 3. The van der Waals surface area contributed by atoms with Gasteiger partial charge in [0, 0.05) is 56.6 Å². The van der Waals surface area contributed by atoms with E-state index in [1.807, 2.05) is 25.1 Å². The summed E-state index contributed by atoms with van der Waals surface area (Å²) in [4.78, 5) is 47.6. The molecule has 198 valence electrons. The molecule has 0 unspecified atom stereocenters. The maximum Gasteiger partial charge on any atom is 0.326 e. The summed E-state index contributed by atoms with van der Waals surface area (Å²) in [5.41, 5.74) is 2.22. The molecule has 0 radical (unpaired) electrons. The normalized spacial score (nSPS) is 15.4. The number of benzene rings is 1. The van der Waals surface area contributed by atoms with E-state index in [0.717, 1.165) is 17.7 Å². The van der Waals surface area contributed by atoms with Gasteiger partial charge in [-0.05, 0) is 51.7 Å². The van der Waals surface area contributed by atoms with E-state index in [-0.39, 0.29) is 17.8 Å². The third-order valence-electron chi connectivity index (χ3n) is 7.04. The zero-order valence-corrected chi connectivity index (χ0v) is 22.8. The van der Waals surface area contributed by atoms with Crippen LogP contribution in [0.1, 0.15) is 32.1 Å². The molecule has 11 heteroatoms. The Hall–Kier alpha value is -3.96. The van der Waals surface area contributed by atoms with Crippen LogP contribution in [0.3, 0.4) is 0 Å². The van der Waals surface area contributed by atoms with Gasteiger partial charge in [-0.25, -0.2) is 4.79 Å². The van der Waals surface area contributed by atoms with E-state index in [0.29, 0.717) is 56.6 Å². The van der Waals surface area contributed by atoms with E-state index >= 15 is 0 Å². The number of amides is 3. The molecule has 5 rings (SSSR count).